The summed E-state index contributed by atoms with van der Waals surface area (Å²) in [7, 11) is 0. The molecule has 6 heteroatoms. The number of aromatic nitrogens is 3. The van der Waals surface area contributed by atoms with Gasteiger partial charge in [-0.3, -0.25) is 9.78 Å². The molecule has 1 atom stereocenters. The summed E-state index contributed by atoms with van der Waals surface area (Å²) in [4.78, 5) is 18.8. The lowest BCUT2D eigenvalue weighted by Crippen LogP contribution is -2.39. The first-order chi connectivity index (χ1) is 13.3. The van der Waals surface area contributed by atoms with E-state index in [1.807, 2.05) is 41.3 Å². The van der Waals surface area contributed by atoms with Crippen LogP contribution in [0, 0.1) is 0 Å². The zero-order valence-electron chi connectivity index (χ0n) is 15.1. The molecule has 27 heavy (non-hydrogen) atoms. The number of piperidine rings is 1. The molecule has 2 aromatic heterocycles. The fraction of sp³-hybridized carbons (Fsp3) is 0.333. The standard InChI is InChI=1S/C21H22N4O2/c26-19(12-11-16-7-2-1-3-8-16)25-14-6-9-17(15-25)20-23-24-21(27-20)18-10-4-5-13-22-18/h1-5,7-8,10,13,17H,6,9,11-12,14-15H2/t17-/m1/s1. The van der Waals surface area contributed by atoms with E-state index >= 15 is 0 Å². The van der Waals surface area contributed by atoms with E-state index in [4.69, 9.17) is 4.42 Å². The number of pyridine rings is 1. The third kappa shape index (κ3) is 4.22. The molecule has 6 nitrogen and oxygen atoms in total. The normalized spacial score (nSPS) is 17.0. The predicted molar refractivity (Wildman–Crippen MR) is 101 cm³/mol. The van der Waals surface area contributed by atoms with Crippen molar-refractivity contribution >= 4 is 5.91 Å². The van der Waals surface area contributed by atoms with Crippen LogP contribution >= 0.6 is 0 Å². The summed E-state index contributed by atoms with van der Waals surface area (Å²) in [6, 6.07) is 15.7. The zero-order chi connectivity index (χ0) is 18.5. The van der Waals surface area contributed by atoms with E-state index in [2.05, 4.69) is 27.3 Å². The number of benzene rings is 1. The Morgan fingerprint density at radius 1 is 1.11 bits per heavy atom. The van der Waals surface area contributed by atoms with Gasteiger partial charge >= 0.3 is 0 Å². The van der Waals surface area contributed by atoms with Crippen LogP contribution in [0.5, 0.6) is 0 Å². The fourth-order valence-corrected chi connectivity index (χ4v) is 3.45. The van der Waals surface area contributed by atoms with Gasteiger partial charge in [-0.15, -0.1) is 10.2 Å². The Morgan fingerprint density at radius 2 is 1.96 bits per heavy atom. The van der Waals surface area contributed by atoms with Crippen molar-refractivity contribution in [2.24, 2.45) is 0 Å². The highest BCUT2D eigenvalue weighted by molar-refractivity contribution is 5.76. The van der Waals surface area contributed by atoms with Gasteiger partial charge in [0, 0.05) is 25.7 Å². The maximum atomic E-state index is 12.6. The molecule has 3 heterocycles. The predicted octanol–water partition coefficient (Wildman–Crippen LogP) is 3.47. The summed E-state index contributed by atoms with van der Waals surface area (Å²) >= 11 is 0. The highest BCUT2D eigenvalue weighted by Gasteiger charge is 2.28. The maximum Gasteiger partial charge on any atom is 0.266 e. The summed E-state index contributed by atoms with van der Waals surface area (Å²) in [5.41, 5.74) is 1.86. The van der Waals surface area contributed by atoms with Crippen LogP contribution in [0.4, 0.5) is 0 Å². The van der Waals surface area contributed by atoms with Crippen molar-refractivity contribution in [3.63, 3.8) is 0 Å². The van der Waals surface area contributed by atoms with Gasteiger partial charge in [-0.25, -0.2) is 0 Å². The summed E-state index contributed by atoms with van der Waals surface area (Å²) in [5.74, 6) is 1.30. The van der Waals surface area contributed by atoms with Crippen molar-refractivity contribution in [2.45, 2.75) is 31.6 Å². The monoisotopic (exact) mass is 362 g/mol. The van der Waals surface area contributed by atoms with Gasteiger partial charge in [0.05, 0.1) is 5.92 Å². The molecule has 1 aliphatic heterocycles. The van der Waals surface area contributed by atoms with E-state index in [1.165, 1.54) is 5.56 Å². The number of rotatable bonds is 5. The van der Waals surface area contributed by atoms with Crippen LogP contribution in [0.2, 0.25) is 0 Å². The van der Waals surface area contributed by atoms with Crippen LogP contribution in [0.3, 0.4) is 0 Å². The molecule has 138 valence electrons. The zero-order valence-corrected chi connectivity index (χ0v) is 15.1. The summed E-state index contributed by atoms with van der Waals surface area (Å²) in [6.07, 6.45) is 4.90. The van der Waals surface area contributed by atoms with E-state index < -0.39 is 0 Å². The molecule has 0 bridgehead atoms. The maximum absolute atomic E-state index is 12.6. The minimum atomic E-state index is 0.0874. The lowest BCUT2D eigenvalue weighted by atomic mass is 9.97. The first-order valence-electron chi connectivity index (χ1n) is 9.36. The molecule has 0 unspecified atom stereocenters. The Morgan fingerprint density at radius 3 is 2.78 bits per heavy atom. The third-order valence-electron chi connectivity index (χ3n) is 4.92. The topological polar surface area (TPSA) is 72.1 Å². The van der Waals surface area contributed by atoms with E-state index in [-0.39, 0.29) is 11.8 Å². The molecule has 1 saturated heterocycles. The Bertz CT molecular complexity index is 879. The Balaban J connectivity index is 1.38. The summed E-state index contributed by atoms with van der Waals surface area (Å²) in [5, 5.41) is 8.33. The highest BCUT2D eigenvalue weighted by Crippen LogP contribution is 2.28. The molecule has 0 radical (unpaired) electrons. The first kappa shape index (κ1) is 17.4. The quantitative estimate of drug-likeness (QED) is 0.695. The van der Waals surface area contributed by atoms with Crippen molar-refractivity contribution in [2.75, 3.05) is 13.1 Å². The van der Waals surface area contributed by atoms with Crippen LogP contribution < -0.4 is 0 Å². The number of hydrogen-bond donors (Lipinski definition) is 0. The van der Waals surface area contributed by atoms with Gasteiger partial charge in [-0.2, -0.15) is 0 Å². The number of carbonyl (C=O) groups excluding carboxylic acids is 1. The molecule has 0 N–H and O–H groups in total. The molecular weight excluding hydrogens is 340 g/mol. The van der Waals surface area contributed by atoms with E-state index in [1.54, 1.807) is 6.20 Å². The van der Waals surface area contributed by atoms with Gasteiger partial charge in [0.25, 0.3) is 5.89 Å². The SMILES string of the molecule is O=C(CCc1ccccc1)N1CCC[C@@H](c2nnc(-c3ccccn3)o2)C1. The molecule has 0 aliphatic carbocycles. The van der Waals surface area contributed by atoms with Gasteiger partial charge in [0.15, 0.2) is 0 Å². The molecule has 1 amide bonds. The Labute approximate surface area is 158 Å². The van der Waals surface area contributed by atoms with Gasteiger partial charge in [-0.05, 0) is 37.0 Å². The largest absolute Gasteiger partial charge is 0.419 e. The second-order valence-corrected chi connectivity index (χ2v) is 6.82. The lowest BCUT2D eigenvalue weighted by Gasteiger charge is -2.31. The van der Waals surface area contributed by atoms with Gasteiger partial charge in [0.2, 0.25) is 11.8 Å². The average molecular weight is 362 g/mol. The van der Waals surface area contributed by atoms with Gasteiger partial charge in [0.1, 0.15) is 5.69 Å². The van der Waals surface area contributed by atoms with Crippen molar-refractivity contribution in [1.29, 1.82) is 0 Å². The van der Waals surface area contributed by atoms with E-state index in [9.17, 15) is 4.79 Å². The molecule has 4 rings (SSSR count). The second-order valence-electron chi connectivity index (χ2n) is 6.82. The molecular formula is C21H22N4O2. The molecule has 3 aromatic rings. The number of amides is 1. The number of hydrogen-bond acceptors (Lipinski definition) is 5. The van der Waals surface area contributed by atoms with Crippen LogP contribution in [0.15, 0.2) is 59.1 Å². The summed E-state index contributed by atoms with van der Waals surface area (Å²) < 4.78 is 5.84. The minimum Gasteiger partial charge on any atom is -0.419 e. The van der Waals surface area contributed by atoms with Gasteiger partial charge in [-0.1, -0.05) is 36.4 Å². The first-order valence-corrected chi connectivity index (χ1v) is 9.36. The molecule has 1 aliphatic rings. The highest BCUT2D eigenvalue weighted by atomic mass is 16.4. The van der Waals surface area contributed by atoms with Crippen molar-refractivity contribution in [1.82, 2.24) is 20.1 Å². The van der Waals surface area contributed by atoms with E-state index in [0.717, 1.165) is 25.8 Å². The molecule has 1 aromatic carbocycles. The average Bonchev–Trinajstić information content (AvgIpc) is 3.24. The summed E-state index contributed by atoms with van der Waals surface area (Å²) in [6.45, 7) is 1.43. The van der Waals surface area contributed by atoms with Crippen molar-refractivity contribution < 1.29 is 9.21 Å². The second kappa shape index (κ2) is 8.12. The third-order valence-corrected chi connectivity index (χ3v) is 4.92. The lowest BCUT2D eigenvalue weighted by molar-refractivity contribution is -0.132. The van der Waals surface area contributed by atoms with Crippen molar-refractivity contribution in [3.8, 4) is 11.6 Å². The molecule has 1 fully saturated rings. The van der Waals surface area contributed by atoms with Crippen LogP contribution in [-0.2, 0) is 11.2 Å². The van der Waals surface area contributed by atoms with Crippen molar-refractivity contribution in [3.05, 3.63) is 66.2 Å². The Kier molecular flexibility index (Phi) is 5.23. The molecule has 0 saturated carbocycles. The van der Waals surface area contributed by atoms with E-state index in [0.29, 0.717) is 30.4 Å². The smallest absolute Gasteiger partial charge is 0.266 e. The Hall–Kier alpha value is -3.02. The van der Waals surface area contributed by atoms with Crippen LogP contribution in [0.1, 0.15) is 36.6 Å². The number of nitrogens with zero attached hydrogens (tertiary/aromatic N) is 4. The minimum absolute atomic E-state index is 0.0874. The van der Waals surface area contributed by atoms with Crippen LogP contribution in [0.25, 0.3) is 11.6 Å². The van der Waals surface area contributed by atoms with Gasteiger partial charge < -0.3 is 9.32 Å². The van der Waals surface area contributed by atoms with Crippen LogP contribution in [-0.4, -0.2) is 39.1 Å². The number of likely N-dealkylation sites (tertiary alicyclic amines) is 1. The fourth-order valence-electron chi connectivity index (χ4n) is 3.45. The number of carbonyl (C=O) groups is 1. The number of aryl methyl sites for hydroxylation is 1. The molecule has 0 spiro atoms.